The standard InChI is InChI=1S/C15H22O2/c1-11(2)6-5-7-12(3)14-9-8-13(16)10-15(14)17-4/h6,8-10,12,16H,5,7H2,1-4H3. The van der Waals surface area contributed by atoms with Crippen molar-refractivity contribution in [3.8, 4) is 11.5 Å². The van der Waals surface area contributed by atoms with Crippen LogP contribution in [0.3, 0.4) is 0 Å². The number of ether oxygens (including phenoxy) is 1. The maximum atomic E-state index is 9.41. The fraction of sp³-hybridized carbons (Fsp3) is 0.467. The summed E-state index contributed by atoms with van der Waals surface area (Å²) < 4.78 is 5.30. The molecule has 0 saturated carbocycles. The Hall–Kier alpha value is -1.44. The van der Waals surface area contributed by atoms with Crippen molar-refractivity contribution >= 4 is 0 Å². The fourth-order valence-corrected chi connectivity index (χ4v) is 1.88. The predicted octanol–water partition coefficient (Wildman–Crippen LogP) is 4.25. The van der Waals surface area contributed by atoms with Crippen LogP contribution in [0.1, 0.15) is 45.1 Å². The maximum absolute atomic E-state index is 9.41. The number of hydrogen-bond donors (Lipinski definition) is 1. The van der Waals surface area contributed by atoms with Crippen molar-refractivity contribution in [1.82, 2.24) is 0 Å². The van der Waals surface area contributed by atoms with Gasteiger partial charge in [0.15, 0.2) is 0 Å². The fourth-order valence-electron chi connectivity index (χ4n) is 1.88. The summed E-state index contributed by atoms with van der Waals surface area (Å²) in [6.45, 7) is 6.42. The molecule has 1 aromatic rings. The smallest absolute Gasteiger partial charge is 0.126 e. The third kappa shape index (κ3) is 4.14. The summed E-state index contributed by atoms with van der Waals surface area (Å²) in [6.07, 6.45) is 4.42. The Labute approximate surface area is 104 Å². The molecule has 1 rings (SSSR count). The highest BCUT2D eigenvalue weighted by Gasteiger charge is 2.11. The van der Waals surface area contributed by atoms with Crippen LogP contribution < -0.4 is 4.74 Å². The highest BCUT2D eigenvalue weighted by atomic mass is 16.5. The number of phenols is 1. The molecule has 1 N–H and O–H groups in total. The van der Waals surface area contributed by atoms with E-state index in [0.29, 0.717) is 5.92 Å². The zero-order valence-corrected chi connectivity index (χ0v) is 11.2. The molecule has 0 aliphatic carbocycles. The quantitative estimate of drug-likeness (QED) is 0.772. The van der Waals surface area contributed by atoms with Crippen LogP contribution in [-0.2, 0) is 0 Å². The molecule has 1 unspecified atom stereocenters. The molecule has 1 atom stereocenters. The number of rotatable bonds is 5. The lowest BCUT2D eigenvalue weighted by atomic mass is 9.95. The SMILES string of the molecule is COc1cc(O)ccc1C(C)CCC=C(C)C. The summed E-state index contributed by atoms with van der Waals surface area (Å²) in [5.74, 6) is 1.46. The Morgan fingerprint density at radius 3 is 2.71 bits per heavy atom. The molecule has 17 heavy (non-hydrogen) atoms. The van der Waals surface area contributed by atoms with E-state index in [0.717, 1.165) is 24.2 Å². The number of methoxy groups -OCH3 is 1. The van der Waals surface area contributed by atoms with E-state index >= 15 is 0 Å². The number of benzene rings is 1. The van der Waals surface area contributed by atoms with Crippen molar-refractivity contribution in [2.24, 2.45) is 0 Å². The van der Waals surface area contributed by atoms with E-state index in [4.69, 9.17) is 4.74 Å². The molecule has 0 aliphatic rings. The van der Waals surface area contributed by atoms with Crippen molar-refractivity contribution in [2.75, 3.05) is 7.11 Å². The van der Waals surface area contributed by atoms with E-state index in [9.17, 15) is 5.11 Å². The van der Waals surface area contributed by atoms with Gasteiger partial charge in [0.25, 0.3) is 0 Å². The minimum Gasteiger partial charge on any atom is -0.508 e. The summed E-state index contributed by atoms with van der Waals surface area (Å²) in [7, 11) is 1.64. The molecule has 1 aromatic carbocycles. The Morgan fingerprint density at radius 2 is 2.12 bits per heavy atom. The molecule has 0 amide bonds. The zero-order chi connectivity index (χ0) is 12.8. The molecule has 2 heteroatoms. The normalized spacial score (nSPS) is 12.0. The molecule has 0 aliphatic heterocycles. The molecule has 0 spiro atoms. The van der Waals surface area contributed by atoms with Gasteiger partial charge in [0.1, 0.15) is 11.5 Å². The van der Waals surface area contributed by atoms with Gasteiger partial charge in [-0.05, 0) is 44.2 Å². The second kappa shape index (κ2) is 6.33. The van der Waals surface area contributed by atoms with Gasteiger partial charge < -0.3 is 9.84 Å². The van der Waals surface area contributed by atoms with Gasteiger partial charge in [0, 0.05) is 6.07 Å². The van der Waals surface area contributed by atoms with Crippen molar-refractivity contribution in [3.05, 3.63) is 35.4 Å². The molecular formula is C15H22O2. The molecule has 0 saturated heterocycles. The molecule has 0 fully saturated rings. The van der Waals surface area contributed by atoms with Crippen LogP contribution in [0.15, 0.2) is 29.8 Å². The van der Waals surface area contributed by atoms with Crippen LogP contribution >= 0.6 is 0 Å². The summed E-state index contributed by atoms with van der Waals surface area (Å²) in [5, 5.41) is 9.41. The molecule has 2 nitrogen and oxygen atoms in total. The van der Waals surface area contributed by atoms with Crippen molar-refractivity contribution in [1.29, 1.82) is 0 Å². The van der Waals surface area contributed by atoms with Gasteiger partial charge in [0.2, 0.25) is 0 Å². The van der Waals surface area contributed by atoms with Crippen molar-refractivity contribution in [2.45, 2.75) is 39.5 Å². The Kier molecular flexibility index (Phi) is 5.08. The van der Waals surface area contributed by atoms with Gasteiger partial charge >= 0.3 is 0 Å². The van der Waals surface area contributed by atoms with E-state index in [-0.39, 0.29) is 5.75 Å². The first-order chi connectivity index (χ1) is 8.04. The lowest BCUT2D eigenvalue weighted by Crippen LogP contribution is -1.97. The summed E-state index contributed by atoms with van der Waals surface area (Å²) in [6, 6.07) is 5.34. The van der Waals surface area contributed by atoms with Gasteiger partial charge in [-0.3, -0.25) is 0 Å². The van der Waals surface area contributed by atoms with E-state index in [1.165, 1.54) is 5.57 Å². The largest absolute Gasteiger partial charge is 0.508 e. The second-order valence-corrected chi connectivity index (χ2v) is 4.69. The summed E-state index contributed by atoms with van der Waals surface area (Å²) in [4.78, 5) is 0. The number of allylic oxidation sites excluding steroid dienone is 2. The lowest BCUT2D eigenvalue weighted by molar-refractivity contribution is 0.398. The van der Waals surface area contributed by atoms with Crippen LogP contribution in [-0.4, -0.2) is 12.2 Å². The van der Waals surface area contributed by atoms with Crippen molar-refractivity contribution in [3.63, 3.8) is 0 Å². The second-order valence-electron chi connectivity index (χ2n) is 4.69. The topological polar surface area (TPSA) is 29.5 Å². The number of phenolic OH excluding ortho intramolecular Hbond substituents is 1. The molecule has 0 radical (unpaired) electrons. The van der Waals surface area contributed by atoms with Crippen molar-refractivity contribution < 1.29 is 9.84 Å². The van der Waals surface area contributed by atoms with Crippen LogP contribution in [0.5, 0.6) is 11.5 Å². The third-order valence-electron chi connectivity index (χ3n) is 2.90. The van der Waals surface area contributed by atoms with E-state index in [1.807, 2.05) is 6.07 Å². The minimum atomic E-state index is 0.252. The number of hydrogen-bond acceptors (Lipinski definition) is 2. The Morgan fingerprint density at radius 1 is 1.41 bits per heavy atom. The monoisotopic (exact) mass is 234 g/mol. The van der Waals surface area contributed by atoms with E-state index < -0.39 is 0 Å². The number of aromatic hydroxyl groups is 1. The molecule has 94 valence electrons. The van der Waals surface area contributed by atoms with Crippen LogP contribution in [0.25, 0.3) is 0 Å². The molecule has 0 bridgehead atoms. The highest BCUT2D eigenvalue weighted by molar-refractivity contribution is 5.41. The first-order valence-corrected chi connectivity index (χ1v) is 6.05. The zero-order valence-electron chi connectivity index (χ0n) is 11.2. The average Bonchev–Trinajstić information content (AvgIpc) is 2.28. The average molecular weight is 234 g/mol. The molecular weight excluding hydrogens is 212 g/mol. The van der Waals surface area contributed by atoms with Gasteiger partial charge in [-0.2, -0.15) is 0 Å². The first kappa shape index (κ1) is 13.6. The first-order valence-electron chi connectivity index (χ1n) is 6.05. The Balaban J connectivity index is 2.74. The third-order valence-corrected chi connectivity index (χ3v) is 2.90. The predicted molar refractivity (Wildman–Crippen MR) is 71.7 cm³/mol. The summed E-state index contributed by atoms with van der Waals surface area (Å²) in [5.41, 5.74) is 2.52. The molecule has 0 aromatic heterocycles. The minimum absolute atomic E-state index is 0.252. The Bertz CT molecular complexity index is 390. The van der Waals surface area contributed by atoms with Gasteiger partial charge in [-0.15, -0.1) is 0 Å². The van der Waals surface area contributed by atoms with Gasteiger partial charge in [-0.25, -0.2) is 0 Å². The summed E-state index contributed by atoms with van der Waals surface area (Å²) >= 11 is 0. The van der Waals surface area contributed by atoms with Gasteiger partial charge in [-0.1, -0.05) is 24.6 Å². The molecule has 0 heterocycles. The van der Waals surface area contributed by atoms with Crippen LogP contribution in [0, 0.1) is 0 Å². The maximum Gasteiger partial charge on any atom is 0.126 e. The van der Waals surface area contributed by atoms with Crippen LogP contribution in [0.4, 0.5) is 0 Å². The lowest BCUT2D eigenvalue weighted by Gasteiger charge is -2.15. The van der Waals surface area contributed by atoms with Gasteiger partial charge in [0.05, 0.1) is 7.11 Å². The van der Waals surface area contributed by atoms with E-state index in [1.54, 1.807) is 19.2 Å². The van der Waals surface area contributed by atoms with E-state index in [2.05, 4.69) is 26.8 Å². The highest BCUT2D eigenvalue weighted by Crippen LogP contribution is 2.32. The van der Waals surface area contributed by atoms with Crippen LogP contribution in [0.2, 0.25) is 0 Å².